The van der Waals surface area contributed by atoms with Gasteiger partial charge in [-0.15, -0.1) is 0 Å². The van der Waals surface area contributed by atoms with Crippen LogP contribution < -0.4 is 5.32 Å². The number of carbonyl (C=O) groups is 2. The normalized spacial score (nSPS) is 11.9. The number of aromatic hydroxyl groups is 1. The third-order valence-corrected chi connectivity index (χ3v) is 2.21. The Labute approximate surface area is 96.9 Å². The first-order chi connectivity index (χ1) is 7.95. The lowest BCUT2D eigenvalue weighted by Gasteiger charge is -2.12. The van der Waals surface area contributed by atoms with Crippen molar-refractivity contribution in [3.05, 3.63) is 29.6 Å². The van der Waals surface area contributed by atoms with Crippen molar-refractivity contribution in [2.24, 2.45) is 0 Å². The van der Waals surface area contributed by atoms with Crippen molar-refractivity contribution in [1.82, 2.24) is 5.32 Å². The summed E-state index contributed by atoms with van der Waals surface area (Å²) in [6, 6.07) is 1.82. The molecule has 0 heterocycles. The van der Waals surface area contributed by atoms with Crippen molar-refractivity contribution < 1.29 is 24.2 Å². The average molecular weight is 241 g/mol. The van der Waals surface area contributed by atoms with Gasteiger partial charge in [-0.05, 0) is 24.6 Å². The van der Waals surface area contributed by atoms with Gasteiger partial charge in [0, 0.05) is 0 Å². The molecule has 1 unspecified atom stereocenters. The van der Waals surface area contributed by atoms with Crippen molar-refractivity contribution in [2.45, 2.75) is 19.4 Å². The summed E-state index contributed by atoms with van der Waals surface area (Å²) in [6.07, 6.45) is 0.192. The van der Waals surface area contributed by atoms with E-state index in [0.29, 0.717) is 0 Å². The summed E-state index contributed by atoms with van der Waals surface area (Å²) in [6.45, 7) is 1.59. The van der Waals surface area contributed by atoms with Crippen LogP contribution in [0.1, 0.15) is 23.7 Å². The molecule has 0 fully saturated rings. The summed E-state index contributed by atoms with van der Waals surface area (Å²) in [7, 11) is 0. The number of nitrogens with one attached hydrogen (secondary N) is 1. The van der Waals surface area contributed by atoms with Crippen molar-refractivity contribution in [1.29, 1.82) is 0 Å². The summed E-state index contributed by atoms with van der Waals surface area (Å²) in [4.78, 5) is 22.3. The zero-order valence-electron chi connectivity index (χ0n) is 9.11. The van der Waals surface area contributed by atoms with Gasteiger partial charge in [0.1, 0.15) is 17.6 Å². The fourth-order valence-electron chi connectivity index (χ4n) is 1.26. The molecule has 17 heavy (non-hydrogen) atoms. The number of halogens is 1. The standard InChI is InChI=1S/C11H12FNO4/c1-2-8(11(16)17)13-10(15)7-5-6(12)3-4-9(7)14/h3-5,8,14H,2H2,1H3,(H,13,15)(H,16,17). The fourth-order valence-corrected chi connectivity index (χ4v) is 1.26. The van der Waals surface area contributed by atoms with Crippen molar-refractivity contribution in [2.75, 3.05) is 0 Å². The minimum atomic E-state index is -1.18. The number of carboxylic acid groups (broad SMARTS) is 1. The molecule has 92 valence electrons. The van der Waals surface area contributed by atoms with Crippen molar-refractivity contribution in [3.63, 3.8) is 0 Å². The number of carbonyl (C=O) groups excluding carboxylic acids is 1. The number of phenols is 1. The lowest BCUT2D eigenvalue weighted by molar-refractivity contribution is -0.139. The van der Waals surface area contributed by atoms with Crippen LogP contribution in [-0.4, -0.2) is 28.1 Å². The molecule has 0 spiro atoms. The van der Waals surface area contributed by atoms with Crippen LogP contribution in [0, 0.1) is 5.82 Å². The highest BCUT2D eigenvalue weighted by molar-refractivity contribution is 5.98. The maximum atomic E-state index is 12.9. The van der Waals surface area contributed by atoms with Gasteiger partial charge < -0.3 is 15.5 Å². The zero-order valence-corrected chi connectivity index (χ0v) is 9.11. The number of phenolic OH excluding ortho intramolecular Hbond substituents is 1. The molecule has 6 heteroatoms. The summed E-state index contributed by atoms with van der Waals surface area (Å²) in [5, 5.41) is 20.3. The fraction of sp³-hybridized carbons (Fsp3) is 0.273. The Bertz CT molecular complexity index is 447. The molecule has 3 N–H and O–H groups in total. The van der Waals surface area contributed by atoms with Crippen LogP contribution in [0.5, 0.6) is 5.75 Å². The largest absolute Gasteiger partial charge is 0.507 e. The molecule has 0 aliphatic rings. The van der Waals surface area contributed by atoms with Gasteiger partial charge in [-0.25, -0.2) is 9.18 Å². The van der Waals surface area contributed by atoms with E-state index < -0.39 is 29.5 Å². The minimum absolute atomic E-state index is 0.192. The van der Waals surface area contributed by atoms with E-state index in [9.17, 15) is 19.1 Å². The Balaban J connectivity index is 2.89. The molecule has 0 aliphatic carbocycles. The van der Waals surface area contributed by atoms with E-state index in [-0.39, 0.29) is 12.0 Å². The first-order valence-corrected chi connectivity index (χ1v) is 4.98. The second-order valence-corrected chi connectivity index (χ2v) is 3.43. The lowest BCUT2D eigenvalue weighted by Crippen LogP contribution is -2.40. The summed E-state index contributed by atoms with van der Waals surface area (Å²) < 4.78 is 12.9. The average Bonchev–Trinajstić information content (AvgIpc) is 2.28. The first-order valence-electron chi connectivity index (χ1n) is 4.98. The Hall–Kier alpha value is -2.11. The first kappa shape index (κ1) is 13.0. The predicted octanol–water partition coefficient (Wildman–Crippen LogP) is 1.12. The maximum Gasteiger partial charge on any atom is 0.326 e. The van der Waals surface area contributed by atoms with E-state index in [4.69, 9.17) is 5.11 Å². The molecule has 0 bridgehead atoms. The van der Waals surface area contributed by atoms with Gasteiger partial charge in [0.05, 0.1) is 5.56 Å². The van der Waals surface area contributed by atoms with Gasteiger partial charge in [-0.2, -0.15) is 0 Å². The third kappa shape index (κ3) is 3.17. The molecule has 1 aromatic carbocycles. The number of aliphatic carboxylic acids is 1. The Kier molecular flexibility index (Phi) is 4.03. The number of benzene rings is 1. The van der Waals surface area contributed by atoms with E-state index in [0.717, 1.165) is 18.2 Å². The molecule has 1 amide bonds. The quantitative estimate of drug-likeness (QED) is 0.737. The van der Waals surface area contributed by atoms with Crippen LogP contribution in [-0.2, 0) is 4.79 Å². The molecule has 1 atom stereocenters. The molecule has 1 aromatic rings. The third-order valence-electron chi connectivity index (χ3n) is 2.21. The van der Waals surface area contributed by atoms with E-state index in [1.165, 1.54) is 0 Å². The second-order valence-electron chi connectivity index (χ2n) is 3.43. The number of hydrogen-bond donors (Lipinski definition) is 3. The van der Waals surface area contributed by atoms with Gasteiger partial charge in [0.25, 0.3) is 5.91 Å². The smallest absolute Gasteiger partial charge is 0.326 e. The summed E-state index contributed by atoms with van der Waals surface area (Å²) in [5.41, 5.74) is -0.287. The van der Waals surface area contributed by atoms with Crippen LogP contribution in [0.4, 0.5) is 4.39 Å². The van der Waals surface area contributed by atoms with Crippen molar-refractivity contribution >= 4 is 11.9 Å². The van der Waals surface area contributed by atoms with Crippen LogP contribution in [0.2, 0.25) is 0 Å². The SMILES string of the molecule is CCC(NC(=O)c1cc(F)ccc1O)C(=O)O. The number of rotatable bonds is 4. The maximum absolute atomic E-state index is 12.9. The predicted molar refractivity (Wildman–Crippen MR) is 57.2 cm³/mol. The van der Waals surface area contributed by atoms with Crippen LogP contribution >= 0.6 is 0 Å². The lowest BCUT2D eigenvalue weighted by atomic mass is 10.1. The molecule has 0 saturated heterocycles. The molecule has 0 saturated carbocycles. The number of amides is 1. The van der Waals surface area contributed by atoms with Crippen LogP contribution in [0.15, 0.2) is 18.2 Å². The minimum Gasteiger partial charge on any atom is -0.507 e. The van der Waals surface area contributed by atoms with E-state index in [1.54, 1.807) is 6.92 Å². The van der Waals surface area contributed by atoms with E-state index in [2.05, 4.69) is 5.32 Å². The highest BCUT2D eigenvalue weighted by Crippen LogP contribution is 2.17. The van der Waals surface area contributed by atoms with Gasteiger partial charge in [-0.1, -0.05) is 6.92 Å². The summed E-state index contributed by atoms with van der Waals surface area (Å²) in [5.74, 6) is -3.09. The van der Waals surface area contributed by atoms with Crippen LogP contribution in [0.25, 0.3) is 0 Å². The van der Waals surface area contributed by atoms with E-state index in [1.807, 2.05) is 0 Å². The second kappa shape index (κ2) is 5.29. The number of hydrogen-bond acceptors (Lipinski definition) is 3. The molecular weight excluding hydrogens is 229 g/mol. The zero-order chi connectivity index (χ0) is 13.0. The Morgan fingerprint density at radius 3 is 2.65 bits per heavy atom. The van der Waals surface area contributed by atoms with Crippen LogP contribution in [0.3, 0.4) is 0 Å². The molecule has 0 aliphatic heterocycles. The highest BCUT2D eigenvalue weighted by atomic mass is 19.1. The van der Waals surface area contributed by atoms with Gasteiger partial charge in [0.15, 0.2) is 0 Å². The topological polar surface area (TPSA) is 86.6 Å². The molecule has 0 aromatic heterocycles. The molecule has 0 radical (unpaired) electrons. The van der Waals surface area contributed by atoms with E-state index >= 15 is 0 Å². The van der Waals surface area contributed by atoms with Crippen molar-refractivity contribution in [3.8, 4) is 5.75 Å². The Morgan fingerprint density at radius 1 is 1.47 bits per heavy atom. The van der Waals surface area contributed by atoms with Gasteiger partial charge in [0.2, 0.25) is 0 Å². The highest BCUT2D eigenvalue weighted by Gasteiger charge is 2.20. The molecule has 5 nitrogen and oxygen atoms in total. The monoisotopic (exact) mass is 241 g/mol. The summed E-state index contributed by atoms with van der Waals surface area (Å²) >= 11 is 0. The molecule has 1 rings (SSSR count). The molecular formula is C11H12FNO4. The number of carboxylic acids is 1. The van der Waals surface area contributed by atoms with Gasteiger partial charge in [-0.3, -0.25) is 4.79 Å². The Morgan fingerprint density at radius 2 is 2.12 bits per heavy atom. The van der Waals surface area contributed by atoms with Gasteiger partial charge >= 0.3 is 5.97 Å².